The van der Waals surface area contributed by atoms with E-state index in [1.54, 1.807) is 0 Å². The molecule has 0 bridgehead atoms. The summed E-state index contributed by atoms with van der Waals surface area (Å²) in [5.74, 6) is 0. The van der Waals surface area contributed by atoms with Gasteiger partial charge in [0.15, 0.2) is 0 Å². The standard InChI is InChI=1S/C14H22N2/c1-12(2)16(14-8-9-15-10-14)11-13-6-4-3-5-7-13/h3-7,12,14-15H,8-11H2,1-2H3. The van der Waals surface area contributed by atoms with E-state index >= 15 is 0 Å². The molecule has 1 N–H and O–H groups in total. The van der Waals surface area contributed by atoms with Crippen molar-refractivity contribution in [1.82, 2.24) is 10.2 Å². The van der Waals surface area contributed by atoms with Gasteiger partial charge >= 0.3 is 0 Å². The second-order valence-corrected chi connectivity index (χ2v) is 4.90. The van der Waals surface area contributed by atoms with E-state index < -0.39 is 0 Å². The van der Waals surface area contributed by atoms with E-state index in [4.69, 9.17) is 0 Å². The first kappa shape index (κ1) is 11.6. The molecule has 0 aliphatic carbocycles. The molecule has 0 saturated carbocycles. The van der Waals surface area contributed by atoms with Gasteiger partial charge in [0.05, 0.1) is 0 Å². The Morgan fingerprint density at radius 1 is 1.31 bits per heavy atom. The highest BCUT2D eigenvalue weighted by Gasteiger charge is 2.24. The third kappa shape index (κ3) is 2.83. The molecule has 1 unspecified atom stereocenters. The van der Waals surface area contributed by atoms with Crippen molar-refractivity contribution in [2.75, 3.05) is 13.1 Å². The van der Waals surface area contributed by atoms with Crippen molar-refractivity contribution in [1.29, 1.82) is 0 Å². The van der Waals surface area contributed by atoms with Crippen LogP contribution in [-0.2, 0) is 6.54 Å². The van der Waals surface area contributed by atoms with E-state index in [-0.39, 0.29) is 0 Å². The Hall–Kier alpha value is -0.860. The Morgan fingerprint density at radius 3 is 2.62 bits per heavy atom. The lowest BCUT2D eigenvalue weighted by Gasteiger charge is -2.32. The molecule has 1 saturated heterocycles. The minimum absolute atomic E-state index is 0.616. The molecule has 0 amide bonds. The van der Waals surface area contributed by atoms with Gasteiger partial charge in [-0.25, -0.2) is 0 Å². The third-order valence-corrected chi connectivity index (χ3v) is 3.37. The van der Waals surface area contributed by atoms with E-state index in [0.29, 0.717) is 12.1 Å². The molecule has 16 heavy (non-hydrogen) atoms. The lowest BCUT2D eigenvalue weighted by atomic mass is 10.1. The number of benzene rings is 1. The van der Waals surface area contributed by atoms with Gasteiger partial charge in [0.1, 0.15) is 0 Å². The van der Waals surface area contributed by atoms with Crippen molar-refractivity contribution in [3.05, 3.63) is 35.9 Å². The van der Waals surface area contributed by atoms with Gasteiger partial charge in [-0.2, -0.15) is 0 Å². The van der Waals surface area contributed by atoms with Crippen LogP contribution in [0.2, 0.25) is 0 Å². The lowest BCUT2D eigenvalue weighted by Crippen LogP contribution is -2.41. The molecule has 1 atom stereocenters. The normalized spacial score (nSPS) is 20.9. The molecule has 2 nitrogen and oxygen atoms in total. The van der Waals surface area contributed by atoms with Gasteiger partial charge in [0, 0.05) is 25.2 Å². The summed E-state index contributed by atoms with van der Waals surface area (Å²) in [5, 5.41) is 3.45. The van der Waals surface area contributed by atoms with Crippen molar-refractivity contribution < 1.29 is 0 Å². The maximum absolute atomic E-state index is 3.45. The smallest absolute Gasteiger partial charge is 0.0239 e. The Bertz CT molecular complexity index is 302. The van der Waals surface area contributed by atoms with E-state index in [0.717, 1.165) is 13.1 Å². The molecule has 2 heteroatoms. The predicted molar refractivity (Wildman–Crippen MR) is 68.4 cm³/mol. The van der Waals surface area contributed by atoms with E-state index in [9.17, 15) is 0 Å². The molecule has 0 radical (unpaired) electrons. The fourth-order valence-electron chi connectivity index (χ4n) is 2.45. The lowest BCUT2D eigenvalue weighted by molar-refractivity contribution is 0.154. The predicted octanol–water partition coefficient (Wildman–Crippen LogP) is 2.26. The van der Waals surface area contributed by atoms with E-state index in [2.05, 4.69) is 54.4 Å². The van der Waals surface area contributed by atoms with Crippen molar-refractivity contribution >= 4 is 0 Å². The number of hydrogen-bond donors (Lipinski definition) is 1. The van der Waals surface area contributed by atoms with Gasteiger partial charge in [-0.15, -0.1) is 0 Å². The maximum atomic E-state index is 3.45. The van der Waals surface area contributed by atoms with Crippen LogP contribution in [0.5, 0.6) is 0 Å². The van der Waals surface area contributed by atoms with Gasteiger partial charge in [-0.3, -0.25) is 4.90 Å². The first-order valence-electron chi connectivity index (χ1n) is 6.28. The zero-order valence-electron chi connectivity index (χ0n) is 10.3. The van der Waals surface area contributed by atoms with Crippen LogP contribution in [0.25, 0.3) is 0 Å². The molecular weight excluding hydrogens is 196 g/mol. The van der Waals surface area contributed by atoms with Crippen LogP contribution in [0.4, 0.5) is 0 Å². The summed E-state index contributed by atoms with van der Waals surface area (Å²) in [6.45, 7) is 7.97. The van der Waals surface area contributed by atoms with Gasteiger partial charge in [0.25, 0.3) is 0 Å². The molecule has 1 aliphatic heterocycles. The summed E-state index contributed by atoms with van der Waals surface area (Å²) in [5.41, 5.74) is 1.42. The highest BCUT2D eigenvalue weighted by atomic mass is 15.2. The fraction of sp³-hybridized carbons (Fsp3) is 0.571. The zero-order chi connectivity index (χ0) is 11.4. The average molecular weight is 218 g/mol. The second kappa shape index (κ2) is 5.46. The highest BCUT2D eigenvalue weighted by molar-refractivity contribution is 5.14. The molecule has 2 rings (SSSR count). The van der Waals surface area contributed by atoms with Gasteiger partial charge in [0.2, 0.25) is 0 Å². The molecule has 1 aliphatic rings. The van der Waals surface area contributed by atoms with Crippen LogP contribution in [0.3, 0.4) is 0 Å². The summed E-state index contributed by atoms with van der Waals surface area (Å²) in [4.78, 5) is 2.61. The molecule has 0 spiro atoms. The monoisotopic (exact) mass is 218 g/mol. The summed E-state index contributed by atoms with van der Waals surface area (Å²) < 4.78 is 0. The van der Waals surface area contributed by atoms with Gasteiger partial charge < -0.3 is 5.32 Å². The summed E-state index contributed by atoms with van der Waals surface area (Å²) in [6, 6.07) is 12.1. The van der Waals surface area contributed by atoms with Gasteiger partial charge in [-0.1, -0.05) is 30.3 Å². The van der Waals surface area contributed by atoms with Crippen LogP contribution >= 0.6 is 0 Å². The van der Waals surface area contributed by atoms with E-state index in [1.165, 1.54) is 18.5 Å². The Kier molecular flexibility index (Phi) is 3.97. The van der Waals surface area contributed by atoms with Crippen molar-refractivity contribution in [2.24, 2.45) is 0 Å². The van der Waals surface area contributed by atoms with E-state index in [1.807, 2.05) is 0 Å². The first-order chi connectivity index (χ1) is 7.77. The molecule has 88 valence electrons. The Balaban J connectivity index is 2.02. The van der Waals surface area contributed by atoms with Gasteiger partial charge in [-0.05, 0) is 32.4 Å². The minimum atomic E-state index is 0.616. The summed E-state index contributed by atoms with van der Waals surface area (Å²) in [6.07, 6.45) is 1.28. The summed E-state index contributed by atoms with van der Waals surface area (Å²) in [7, 11) is 0. The third-order valence-electron chi connectivity index (χ3n) is 3.37. The largest absolute Gasteiger partial charge is 0.315 e. The summed E-state index contributed by atoms with van der Waals surface area (Å²) >= 11 is 0. The zero-order valence-corrected chi connectivity index (χ0v) is 10.3. The first-order valence-corrected chi connectivity index (χ1v) is 6.28. The van der Waals surface area contributed by atoms with Crippen LogP contribution in [-0.4, -0.2) is 30.1 Å². The topological polar surface area (TPSA) is 15.3 Å². The maximum Gasteiger partial charge on any atom is 0.0239 e. The second-order valence-electron chi connectivity index (χ2n) is 4.90. The highest BCUT2D eigenvalue weighted by Crippen LogP contribution is 2.16. The fourth-order valence-corrected chi connectivity index (χ4v) is 2.45. The van der Waals surface area contributed by atoms with Crippen molar-refractivity contribution in [3.63, 3.8) is 0 Å². The molecule has 1 heterocycles. The van der Waals surface area contributed by atoms with Crippen LogP contribution < -0.4 is 5.32 Å². The molecule has 1 aromatic rings. The molecule has 0 aromatic heterocycles. The number of nitrogens with zero attached hydrogens (tertiary/aromatic N) is 1. The quantitative estimate of drug-likeness (QED) is 0.834. The van der Waals surface area contributed by atoms with Crippen LogP contribution in [0.15, 0.2) is 30.3 Å². The molecular formula is C14H22N2. The van der Waals surface area contributed by atoms with Crippen molar-refractivity contribution in [3.8, 4) is 0 Å². The minimum Gasteiger partial charge on any atom is -0.315 e. The van der Waals surface area contributed by atoms with Crippen molar-refractivity contribution in [2.45, 2.75) is 38.9 Å². The average Bonchev–Trinajstić information content (AvgIpc) is 2.80. The SMILES string of the molecule is CC(C)N(Cc1ccccc1)C1CCNC1. The molecule has 1 fully saturated rings. The van der Waals surface area contributed by atoms with Crippen LogP contribution in [0, 0.1) is 0 Å². The number of nitrogens with one attached hydrogen (secondary N) is 1. The number of rotatable bonds is 4. The van der Waals surface area contributed by atoms with Crippen LogP contribution in [0.1, 0.15) is 25.8 Å². The Labute approximate surface area is 98.7 Å². The Morgan fingerprint density at radius 2 is 2.06 bits per heavy atom. The molecule has 1 aromatic carbocycles. The number of hydrogen-bond acceptors (Lipinski definition) is 2.